The van der Waals surface area contributed by atoms with Gasteiger partial charge in [-0.25, -0.2) is 4.18 Å². The minimum absolute atomic E-state index is 0.00178. The fourth-order valence-corrected chi connectivity index (χ4v) is 2.17. The van der Waals surface area contributed by atoms with Crippen LogP contribution in [0.2, 0.25) is 0 Å². The molecular formula is C12H21NO6S. The van der Waals surface area contributed by atoms with Crippen LogP contribution in [-0.4, -0.2) is 47.2 Å². The SMILES string of the molecule is CC(C)(C)NCC(OS(=O)(=O)O)C1=CC(O)(O)CC=C1. The maximum absolute atomic E-state index is 10.9. The van der Waals surface area contributed by atoms with Crippen LogP contribution < -0.4 is 5.32 Å². The largest absolute Gasteiger partial charge is 0.397 e. The lowest BCUT2D eigenvalue weighted by molar-refractivity contribution is -0.116. The van der Waals surface area contributed by atoms with E-state index >= 15 is 0 Å². The van der Waals surface area contributed by atoms with Crippen LogP contribution in [0.15, 0.2) is 23.8 Å². The third-order valence-corrected chi connectivity index (χ3v) is 3.03. The van der Waals surface area contributed by atoms with E-state index in [2.05, 4.69) is 9.50 Å². The van der Waals surface area contributed by atoms with Crippen LogP contribution in [0.25, 0.3) is 0 Å². The predicted molar refractivity (Wildman–Crippen MR) is 73.2 cm³/mol. The quantitative estimate of drug-likeness (QED) is 0.421. The molecule has 0 saturated carbocycles. The molecule has 0 bridgehead atoms. The van der Waals surface area contributed by atoms with Crippen LogP contribution in [0.5, 0.6) is 0 Å². The molecule has 7 nitrogen and oxygen atoms in total. The van der Waals surface area contributed by atoms with Gasteiger partial charge in [0.05, 0.1) is 0 Å². The summed E-state index contributed by atoms with van der Waals surface area (Å²) in [6.07, 6.45) is 3.08. The van der Waals surface area contributed by atoms with E-state index in [0.29, 0.717) is 0 Å². The van der Waals surface area contributed by atoms with Crippen LogP contribution in [0.4, 0.5) is 0 Å². The van der Waals surface area contributed by atoms with Crippen molar-refractivity contribution >= 4 is 10.4 Å². The minimum atomic E-state index is -4.66. The van der Waals surface area contributed by atoms with Crippen molar-refractivity contribution in [2.75, 3.05) is 6.54 Å². The Morgan fingerprint density at radius 1 is 1.45 bits per heavy atom. The van der Waals surface area contributed by atoms with Gasteiger partial charge in [-0.3, -0.25) is 4.55 Å². The molecule has 1 rings (SSSR count). The second-order valence-electron chi connectivity index (χ2n) is 5.77. The normalized spacial score (nSPS) is 20.6. The van der Waals surface area contributed by atoms with Gasteiger partial charge in [-0.2, -0.15) is 8.42 Å². The molecule has 20 heavy (non-hydrogen) atoms. The van der Waals surface area contributed by atoms with E-state index in [9.17, 15) is 18.6 Å². The highest BCUT2D eigenvalue weighted by molar-refractivity contribution is 7.80. The van der Waals surface area contributed by atoms with Crippen LogP contribution >= 0.6 is 0 Å². The molecule has 116 valence electrons. The van der Waals surface area contributed by atoms with Gasteiger partial charge in [-0.1, -0.05) is 12.2 Å². The molecule has 8 heteroatoms. The summed E-state index contributed by atoms with van der Waals surface area (Å²) in [5.74, 6) is -2.05. The Kier molecular flexibility index (Phi) is 5.12. The molecule has 0 amide bonds. The molecule has 0 aromatic carbocycles. The summed E-state index contributed by atoms with van der Waals surface area (Å²) in [5, 5.41) is 22.2. The van der Waals surface area contributed by atoms with Gasteiger partial charge in [0.1, 0.15) is 6.10 Å². The van der Waals surface area contributed by atoms with E-state index in [0.717, 1.165) is 6.08 Å². The second kappa shape index (κ2) is 5.92. The Balaban J connectivity index is 2.93. The van der Waals surface area contributed by atoms with E-state index in [1.165, 1.54) is 12.2 Å². The zero-order chi connectivity index (χ0) is 15.6. The Hall–Kier alpha value is -0.770. The first-order valence-electron chi connectivity index (χ1n) is 6.13. The molecule has 0 aromatic rings. The van der Waals surface area contributed by atoms with Crippen LogP contribution in [0, 0.1) is 0 Å². The first-order valence-corrected chi connectivity index (χ1v) is 7.49. The van der Waals surface area contributed by atoms with Crippen molar-refractivity contribution in [1.29, 1.82) is 0 Å². The van der Waals surface area contributed by atoms with Gasteiger partial charge in [-0.15, -0.1) is 0 Å². The summed E-state index contributed by atoms with van der Waals surface area (Å²) in [4.78, 5) is 0. The fourth-order valence-electron chi connectivity index (χ4n) is 1.70. The molecule has 0 heterocycles. The number of hydrogen-bond donors (Lipinski definition) is 4. The lowest BCUT2D eigenvalue weighted by Gasteiger charge is -2.28. The lowest BCUT2D eigenvalue weighted by atomic mass is 9.97. The van der Waals surface area contributed by atoms with Gasteiger partial charge >= 0.3 is 10.4 Å². The summed E-state index contributed by atoms with van der Waals surface area (Å²) in [6, 6.07) is 0. The van der Waals surface area contributed by atoms with Crippen molar-refractivity contribution in [1.82, 2.24) is 5.32 Å². The number of aliphatic hydroxyl groups is 2. The van der Waals surface area contributed by atoms with E-state index in [4.69, 9.17) is 4.55 Å². The fraction of sp³-hybridized carbons (Fsp3) is 0.667. The average Bonchev–Trinajstić information content (AvgIpc) is 2.20. The van der Waals surface area contributed by atoms with Crippen LogP contribution in [0.1, 0.15) is 27.2 Å². The molecule has 0 aliphatic heterocycles. The van der Waals surface area contributed by atoms with Crippen molar-refractivity contribution in [2.24, 2.45) is 0 Å². The monoisotopic (exact) mass is 307 g/mol. The molecule has 0 aromatic heterocycles. The summed E-state index contributed by atoms with van der Waals surface area (Å²) in [6.45, 7) is 5.72. The summed E-state index contributed by atoms with van der Waals surface area (Å²) in [7, 11) is -4.66. The highest BCUT2D eigenvalue weighted by atomic mass is 32.3. The van der Waals surface area contributed by atoms with Crippen molar-refractivity contribution in [3.05, 3.63) is 23.8 Å². The number of nitrogens with one attached hydrogen (secondary N) is 1. The molecule has 1 atom stereocenters. The molecular weight excluding hydrogens is 286 g/mol. The highest BCUT2D eigenvalue weighted by Gasteiger charge is 2.28. The summed E-state index contributed by atoms with van der Waals surface area (Å²) < 4.78 is 35.2. The predicted octanol–water partition coefficient (Wildman–Crippen LogP) is 0.130. The smallest absolute Gasteiger partial charge is 0.362 e. The van der Waals surface area contributed by atoms with Gasteiger partial charge in [0.15, 0.2) is 5.79 Å². The summed E-state index contributed by atoms with van der Waals surface area (Å²) >= 11 is 0. The summed E-state index contributed by atoms with van der Waals surface area (Å²) in [5.41, 5.74) is -0.0365. The topological polar surface area (TPSA) is 116 Å². The average molecular weight is 307 g/mol. The molecule has 1 aliphatic carbocycles. The lowest BCUT2D eigenvalue weighted by Crippen LogP contribution is -2.43. The van der Waals surface area contributed by atoms with Crippen LogP contribution in [0.3, 0.4) is 0 Å². The Morgan fingerprint density at radius 3 is 2.50 bits per heavy atom. The van der Waals surface area contributed by atoms with E-state index in [1.807, 2.05) is 20.8 Å². The first kappa shape index (κ1) is 17.3. The highest BCUT2D eigenvalue weighted by Crippen LogP contribution is 2.23. The number of hydrogen-bond acceptors (Lipinski definition) is 6. The molecule has 0 radical (unpaired) electrons. The maximum atomic E-state index is 10.9. The molecule has 0 fully saturated rings. The van der Waals surface area contributed by atoms with Crippen molar-refractivity contribution in [3.63, 3.8) is 0 Å². The van der Waals surface area contributed by atoms with E-state index < -0.39 is 22.3 Å². The zero-order valence-electron chi connectivity index (χ0n) is 11.7. The zero-order valence-corrected chi connectivity index (χ0v) is 12.5. The molecule has 1 unspecified atom stereocenters. The Labute approximate surface area is 118 Å². The Bertz CT molecular complexity index is 501. The third kappa shape index (κ3) is 6.60. The standard InChI is InChI=1S/C12H21NO6S/c1-11(2,3)13-8-10(19-20(16,17)18)9-5-4-6-12(14,15)7-9/h4-5,7,10,13-15H,6,8H2,1-3H3,(H,16,17,18). The third-order valence-electron chi connectivity index (χ3n) is 2.55. The number of rotatable bonds is 5. The van der Waals surface area contributed by atoms with Gasteiger partial charge in [-0.05, 0) is 32.4 Å². The van der Waals surface area contributed by atoms with E-state index in [1.54, 1.807) is 0 Å². The van der Waals surface area contributed by atoms with Gasteiger partial charge in [0.2, 0.25) is 0 Å². The van der Waals surface area contributed by atoms with Crippen molar-refractivity contribution in [3.8, 4) is 0 Å². The molecule has 0 saturated heterocycles. The van der Waals surface area contributed by atoms with E-state index in [-0.39, 0.29) is 24.1 Å². The van der Waals surface area contributed by atoms with Crippen molar-refractivity contribution < 1.29 is 27.4 Å². The maximum Gasteiger partial charge on any atom is 0.397 e. The van der Waals surface area contributed by atoms with Gasteiger partial charge < -0.3 is 15.5 Å². The van der Waals surface area contributed by atoms with Crippen molar-refractivity contribution in [2.45, 2.75) is 44.6 Å². The molecule has 0 spiro atoms. The first-order chi connectivity index (χ1) is 8.88. The molecule has 4 N–H and O–H groups in total. The van der Waals surface area contributed by atoms with Gasteiger partial charge in [0.25, 0.3) is 0 Å². The van der Waals surface area contributed by atoms with Gasteiger partial charge in [0, 0.05) is 18.5 Å². The second-order valence-corrected chi connectivity index (χ2v) is 6.82. The molecule has 1 aliphatic rings. The van der Waals surface area contributed by atoms with Crippen LogP contribution in [-0.2, 0) is 14.6 Å². The Morgan fingerprint density at radius 2 is 2.05 bits per heavy atom. The minimum Gasteiger partial charge on any atom is -0.362 e.